The molecule has 0 saturated carbocycles. The number of nitrogens with zero attached hydrogens (tertiary/aromatic N) is 1. The minimum Gasteiger partial charge on any atom is -0.354 e. The first-order valence-electron chi connectivity index (χ1n) is 11.3. The second-order valence-corrected chi connectivity index (χ2v) is 9.63. The second kappa shape index (κ2) is 13.5. The zero-order chi connectivity index (χ0) is 23.5. The maximum Gasteiger partial charge on any atom is 0.242 e. The molecule has 1 atom stereocenters. The van der Waals surface area contributed by atoms with Crippen molar-refractivity contribution in [3.63, 3.8) is 0 Å². The molecule has 0 unspecified atom stereocenters. The fourth-order valence-electron chi connectivity index (χ4n) is 3.70. The van der Waals surface area contributed by atoms with Crippen LogP contribution in [0.4, 0.5) is 0 Å². The highest BCUT2D eigenvalue weighted by Gasteiger charge is 2.28. The van der Waals surface area contributed by atoms with Gasteiger partial charge in [0, 0.05) is 23.9 Å². The first-order chi connectivity index (χ1) is 15.3. The topological polar surface area (TPSA) is 49.4 Å². The Hall–Kier alpha value is -1.98. The summed E-state index contributed by atoms with van der Waals surface area (Å²) in [6.07, 6.45) is 2.51. The Morgan fingerprint density at radius 3 is 2.28 bits per heavy atom. The third-order valence-corrected chi connectivity index (χ3v) is 6.50. The highest BCUT2D eigenvalue weighted by Crippen LogP contribution is 2.19. The Morgan fingerprint density at radius 2 is 1.69 bits per heavy atom. The molecule has 174 valence electrons. The van der Waals surface area contributed by atoms with Gasteiger partial charge in [0.25, 0.3) is 0 Å². The molecule has 0 bridgehead atoms. The average molecular weight is 475 g/mol. The van der Waals surface area contributed by atoms with Crippen LogP contribution in [0.1, 0.15) is 55.4 Å². The lowest BCUT2D eigenvalue weighted by Gasteiger charge is -2.30. The summed E-state index contributed by atoms with van der Waals surface area (Å²) in [6, 6.07) is 13.4. The number of rotatable bonds is 12. The molecule has 2 aromatic carbocycles. The number of halogens is 1. The van der Waals surface area contributed by atoms with Gasteiger partial charge in [-0.25, -0.2) is 0 Å². The molecule has 0 radical (unpaired) electrons. The summed E-state index contributed by atoms with van der Waals surface area (Å²) in [7, 11) is 0. The van der Waals surface area contributed by atoms with Crippen LogP contribution in [0.5, 0.6) is 0 Å². The van der Waals surface area contributed by atoms with Gasteiger partial charge in [-0.1, -0.05) is 73.3 Å². The zero-order valence-corrected chi connectivity index (χ0v) is 21.2. The summed E-state index contributed by atoms with van der Waals surface area (Å²) in [5, 5.41) is 3.65. The van der Waals surface area contributed by atoms with Gasteiger partial charge in [-0.15, -0.1) is 11.8 Å². The van der Waals surface area contributed by atoms with E-state index < -0.39 is 6.04 Å². The van der Waals surface area contributed by atoms with Crippen molar-refractivity contribution in [1.29, 1.82) is 0 Å². The van der Waals surface area contributed by atoms with Gasteiger partial charge in [-0.3, -0.25) is 9.59 Å². The molecule has 0 aliphatic carbocycles. The number of aryl methyl sites for hydroxylation is 2. The van der Waals surface area contributed by atoms with E-state index in [1.54, 1.807) is 16.7 Å². The Morgan fingerprint density at radius 1 is 1.03 bits per heavy atom. The molecule has 0 spiro atoms. The molecule has 0 saturated heterocycles. The molecule has 6 heteroatoms. The lowest BCUT2D eigenvalue weighted by atomic mass is 10.1. The number of nitrogens with one attached hydrogen (secondary N) is 1. The summed E-state index contributed by atoms with van der Waals surface area (Å²) in [5.74, 6) is 0.997. The van der Waals surface area contributed by atoms with Gasteiger partial charge in [0.15, 0.2) is 0 Å². The first kappa shape index (κ1) is 26.3. The smallest absolute Gasteiger partial charge is 0.242 e. The molecule has 2 aromatic rings. The van der Waals surface area contributed by atoms with Crippen LogP contribution in [0.2, 0.25) is 5.02 Å². The number of carbonyl (C=O) groups excluding carboxylic acids is 2. The summed E-state index contributed by atoms with van der Waals surface area (Å²) in [6.45, 7) is 9.24. The van der Waals surface area contributed by atoms with Gasteiger partial charge in [-0.2, -0.15) is 0 Å². The number of unbranched alkanes of at least 4 members (excludes halogenated alkanes) is 1. The standard InChI is InChI=1S/C26H35ClN2O2S/c1-5-7-12-28-26(31)24(6-2)29(16-21-8-10-23(27)11-9-21)25(30)18-32-17-22-14-19(3)13-20(4)15-22/h8-11,13-15,24H,5-7,12,16-18H2,1-4H3,(H,28,31)/t24-/m1/s1. The lowest BCUT2D eigenvalue weighted by molar-refractivity contribution is -0.139. The van der Waals surface area contributed by atoms with Crippen LogP contribution in [0.3, 0.4) is 0 Å². The van der Waals surface area contributed by atoms with Crippen molar-refractivity contribution >= 4 is 35.2 Å². The second-order valence-electron chi connectivity index (χ2n) is 8.21. The van der Waals surface area contributed by atoms with E-state index in [1.165, 1.54) is 16.7 Å². The maximum absolute atomic E-state index is 13.3. The van der Waals surface area contributed by atoms with E-state index in [9.17, 15) is 9.59 Å². The number of hydrogen-bond acceptors (Lipinski definition) is 3. The van der Waals surface area contributed by atoms with Crippen molar-refractivity contribution < 1.29 is 9.59 Å². The lowest BCUT2D eigenvalue weighted by Crippen LogP contribution is -2.49. The van der Waals surface area contributed by atoms with Crippen LogP contribution in [-0.2, 0) is 21.9 Å². The van der Waals surface area contributed by atoms with Crippen LogP contribution < -0.4 is 5.32 Å². The molecule has 0 heterocycles. The van der Waals surface area contributed by atoms with Gasteiger partial charge < -0.3 is 10.2 Å². The highest BCUT2D eigenvalue weighted by molar-refractivity contribution is 7.99. The van der Waals surface area contributed by atoms with Crippen LogP contribution in [0.25, 0.3) is 0 Å². The molecular formula is C26H35ClN2O2S. The molecule has 4 nitrogen and oxygen atoms in total. The Bertz CT molecular complexity index is 866. The zero-order valence-electron chi connectivity index (χ0n) is 19.6. The summed E-state index contributed by atoms with van der Waals surface area (Å²) >= 11 is 7.61. The predicted octanol–water partition coefficient (Wildman–Crippen LogP) is 5.91. The van der Waals surface area contributed by atoms with Crippen molar-refractivity contribution in [2.75, 3.05) is 12.3 Å². The largest absolute Gasteiger partial charge is 0.354 e. The Balaban J connectivity index is 2.11. The summed E-state index contributed by atoms with van der Waals surface area (Å²) in [4.78, 5) is 27.9. The van der Waals surface area contributed by atoms with E-state index in [0.29, 0.717) is 30.3 Å². The molecular weight excluding hydrogens is 440 g/mol. The molecule has 2 rings (SSSR count). The van der Waals surface area contributed by atoms with Gasteiger partial charge in [-0.05, 0) is 49.9 Å². The van der Waals surface area contributed by atoms with Crippen molar-refractivity contribution in [2.45, 2.75) is 65.3 Å². The van der Waals surface area contributed by atoms with E-state index in [-0.39, 0.29) is 11.8 Å². The SMILES string of the molecule is CCCCNC(=O)[C@@H](CC)N(Cc1ccc(Cl)cc1)C(=O)CSCc1cc(C)cc(C)c1. The van der Waals surface area contributed by atoms with E-state index in [4.69, 9.17) is 11.6 Å². The Labute approximate surface area is 202 Å². The van der Waals surface area contributed by atoms with Crippen LogP contribution in [0.15, 0.2) is 42.5 Å². The average Bonchev–Trinajstić information content (AvgIpc) is 2.74. The third kappa shape index (κ3) is 8.51. The highest BCUT2D eigenvalue weighted by atomic mass is 35.5. The van der Waals surface area contributed by atoms with Crippen molar-refractivity contribution in [3.8, 4) is 0 Å². The van der Waals surface area contributed by atoms with Crippen LogP contribution in [0, 0.1) is 13.8 Å². The molecule has 0 fully saturated rings. The number of thioether (sulfide) groups is 1. The molecule has 2 amide bonds. The van der Waals surface area contributed by atoms with Gasteiger partial charge >= 0.3 is 0 Å². The summed E-state index contributed by atoms with van der Waals surface area (Å²) < 4.78 is 0. The van der Waals surface area contributed by atoms with Crippen molar-refractivity contribution in [2.24, 2.45) is 0 Å². The molecule has 0 aliphatic heterocycles. The normalized spacial score (nSPS) is 11.8. The number of benzene rings is 2. The quantitative estimate of drug-likeness (QED) is 0.389. The van der Waals surface area contributed by atoms with Crippen molar-refractivity contribution in [1.82, 2.24) is 10.2 Å². The molecule has 0 aliphatic rings. The first-order valence-corrected chi connectivity index (χ1v) is 12.8. The number of hydrogen-bond donors (Lipinski definition) is 1. The van der Waals surface area contributed by atoms with Gasteiger partial charge in [0.2, 0.25) is 11.8 Å². The molecule has 0 aromatic heterocycles. The maximum atomic E-state index is 13.3. The predicted molar refractivity (Wildman–Crippen MR) is 136 cm³/mol. The van der Waals surface area contributed by atoms with E-state index in [0.717, 1.165) is 24.2 Å². The van der Waals surface area contributed by atoms with E-state index in [2.05, 4.69) is 44.3 Å². The number of amides is 2. The third-order valence-electron chi connectivity index (χ3n) is 5.26. The van der Waals surface area contributed by atoms with Gasteiger partial charge in [0.05, 0.1) is 5.75 Å². The van der Waals surface area contributed by atoms with Crippen LogP contribution >= 0.6 is 23.4 Å². The molecule has 32 heavy (non-hydrogen) atoms. The minimum absolute atomic E-state index is 0.0215. The minimum atomic E-state index is -0.489. The van der Waals surface area contributed by atoms with E-state index in [1.807, 2.05) is 31.2 Å². The monoisotopic (exact) mass is 474 g/mol. The number of carbonyl (C=O) groups is 2. The van der Waals surface area contributed by atoms with E-state index >= 15 is 0 Å². The van der Waals surface area contributed by atoms with Crippen molar-refractivity contribution in [3.05, 3.63) is 69.7 Å². The van der Waals surface area contributed by atoms with Gasteiger partial charge in [0.1, 0.15) is 6.04 Å². The fourth-order valence-corrected chi connectivity index (χ4v) is 4.67. The Kier molecular flexibility index (Phi) is 11.1. The fraction of sp³-hybridized carbons (Fsp3) is 0.462. The molecule has 1 N–H and O–H groups in total. The summed E-state index contributed by atoms with van der Waals surface area (Å²) in [5.41, 5.74) is 4.63. The van der Waals surface area contributed by atoms with Crippen LogP contribution in [-0.4, -0.2) is 35.1 Å².